The molecular weight excluding hydrogens is 264 g/mol. The highest BCUT2D eigenvalue weighted by Gasteiger charge is 2.29. The van der Waals surface area contributed by atoms with Gasteiger partial charge in [-0.15, -0.1) is 0 Å². The van der Waals surface area contributed by atoms with E-state index in [9.17, 15) is 8.78 Å². The molecule has 1 saturated heterocycles. The zero-order chi connectivity index (χ0) is 14.5. The van der Waals surface area contributed by atoms with E-state index in [4.69, 9.17) is 10.6 Å². The van der Waals surface area contributed by atoms with Crippen molar-refractivity contribution in [2.24, 2.45) is 5.84 Å². The molecule has 2 rings (SSSR count). The maximum Gasteiger partial charge on any atom is 0.126 e. The first kappa shape index (κ1) is 15.3. The van der Waals surface area contributed by atoms with Crippen LogP contribution in [0.5, 0.6) is 0 Å². The van der Waals surface area contributed by atoms with Gasteiger partial charge in [-0.1, -0.05) is 6.92 Å². The summed E-state index contributed by atoms with van der Waals surface area (Å²) in [6.07, 6.45) is 0.837. The Labute approximate surface area is 117 Å². The van der Waals surface area contributed by atoms with Crippen molar-refractivity contribution in [1.82, 2.24) is 10.3 Å². The number of nitrogens with one attached hydrogen (secondary N) is 1. The Kier molecular flexibility index (Phi) is 5.42. The summed E-state index contributed by atoms with van der Waals surface area (Å²) in [6, 6.07) is 2.99. The van der Waals surface area contributed by atoms with Gasteiger partial charge in [-0.05, 0) is 30.7 Å². The molecule has 4 nitrogen and oxygen atoms in total. The van der Waals surface area contributed by atoms with Crippen molar-refractivity contribution in [3.63, 3.8) is 0 Å². The number of hydrogen-bond donors (Lipinski definition) is 2. The Bertz CT molecular complexity index is 422. The van der Waals surface area contributed by atoms with Crippen LogP contribution in [0.2, 0.25) is 0 Å². The van der Waals surface area contributed by atoms with Crippen LogP contribution in [0.15, 0.2) is 18.2 Å². The van der Waals surface area contributed by atoms with Gasteiger partial charge < -0.3 is 4.74 Å². The maximum absolute atomic E-state index is 13.3. The lowest BCUT2D eigenvalue weighted by Gasteiger charge is -2.36. The number of morpholine rings is 1. The SMILES string of the molecule is CCCN1CCOC(C(NN)c2cc(F)cc(F)c2)C1. The van der Waals surface area contributed by atoms with Crippen LogP contribution in [0, 0.1) is 11.6 Å². The van der Waals surface area contributed by atoms with Gasteiger partial charge >= 0.3 is 0 Å². The molecule has 0 aromatic heterocycles. The van der Waals surface area contributed by atoms with E-state index in [0.29, 0.717) is 18.7 Å². The third kappa shape index (κ3) is 3.73. The predicted molar refractivity (Wildman–Crippen MR) is 72.9 cm³/mol. The zero-order valence-corrected chi connectivity index (χ0v) is 11.6. The van der Waals surface area contributed by atoms with Gasteiger partial charge in [0.15, 0.2) is 0 Å². The molecule has 2 unspecified atom stereocenters. The first-order chi connectivity index (χ1) is 9.63. The second-order valence-corrected chi connectivity index (χ2v) is 5.06. The van der Waals surface area contributed by atoms with Gasteiger partial charge in [-0.3, -0.25) is 16.2 Å². The molecule has 1 aromatic carbocycles. The van der Waals surface area contributed by atoms with Crippen molar-refractivity contribution < 1.29 is 13.5 Å². The van der Waals surface area contributed by atoms with Crippen LogP contribution in [0.4, 0.5) is 8.78 Å². The molecule has 0 bridgehead atoms. The Morgan fingerprint density at radius 1 is 1.40 bits per heavy atom. The molecule has 112 valence electrons. The van der Waals surface area contributed by atoms with E-state index in [2.05, 4.69) is 17.2 Å². The number of hydrogen-bond acceptors (Lipinski definition) is 4. The van der Waals surface area contributed by atoms with E-state index in [1.807, 2.05) is 0 Å². The zero-order valence-electron chi connectivity index (χ0n) is 11.6. The van der Waals surface area contributed by atoms with Gasteiger partial charge in [-0.2, -0.15) is 0 Å². The molecule has 0 amide bonds. The number of rotatable bonds is 5. The number of hydrazine groups is 1. The highest BCUT2D eigenvalue weighted by molar-refractivity contribution is 5.22. The van der Waals surface area contributed by atoms with Crippen molar-refractivity contribution in [2.75, 3.05) is 26.2 Å². The van der Waals surface area contributed by atoms with Crippen LogP contribution in [0.3, 0.4) is 0 Å². The standard InChI is InChI=1S/C14H21F2N3O/c1-2-3-19-4-5-20-13(9-19)14(18-17)10-6-11(15)8-12(16)7-10/h6-8,13-14,18H,2-5,9,17H2,1H3. The van der Waals surface area contributed by atoms with Crippen LogP contribution in [-0.4, -0.2) is 37.2 Å². The molecule has 20 heavy (non-hydrogen) atoms. The lowest BCUT2D eigenvalue weighted by atomic mass is 10.00. The smallest absolute Gasteiger partial charge is 0.126 e. The monoisotopic (exact) mass is 285 g/mol. The molecule has 2 atom stereocenters. The molecule has 0 aliphatic carbocycles. The Morgan fingerprint density at radius 3 is 2.70 bits per heavy atom. The van der Waals surface area contributed by atoms with Crippen molar-refractivity contribution in [3.05, 3.63) is 35.4 Å². The fourth-order valence-corrected chi connectivity index (χ4v) is 2.63. The highest BCUT2D eigenvalue weighted by atomic mass is 19.1. The first-order valence-corrected chi connectivity index (χ1v) is 6.90. The number of benzene rings is 1. The summed E-state index contributed by atoms with van der Waals surface area (Å²) in [5.41, 5.74) is 3.09. The second-order valence-electron chi connectivity index (χ2n) is 5.06. The van der Waals surface area contributed by atoms with Crippen molar-refractivity contribution in [3.8, 4) is 0 Å². The Morgan fingerprint density at radius 2 is 2.10 bits per heavy atom. The number of nitrogens with zero attached hydrogens (tertiary/aromatic N) is 1. The maximum atomic E-state index is 13.3. The van der Waals surface area contributed by atoms with Gasteiger partial charge in [0.25, 0.3) is 0 Å². The molecule has 6 heteroatoms. The first-order valence-electron chi connectivity index (χ1n) is 6.90. The summed E-state index contributed by atoms with van der Waals surface area (Å²) in [4.78, 5) is 2.27. The van der Waals surface area contributed by atoms with Gasteiger partial charge in [0.05, 0.1) is 18.8 Å². The lowest BCUT2D eigenvalue weighted by molar-refractivity contribution is -0.0471. The summed E-state index contributed by atoms with van der Waals surface area (Å²) >= 11 is 0. The largest absolute Gasteiger partial charge is 0.374 e. The molecule has 0 saturated carbocycles. The topological polar surface area (TPSA) is 50.5 Å². The molecule has 1 aromatic rings. The lowest BCUT2D eigenvalue weighted by Crippen LogP contribution is -2.49. The van der Waals surface area contributed by atoms with Crippen LogP contribution in [0.1, 0.15) is 24.9 Å². The Hall–Kier alpha value is -1.08. The van der Waals surface area contributed by atoms with Crippen LogP contribution >= 0.6 is 0 Å². The van der Waals surface area contributed by atoms with E-state index >= 15 is 0 Å². The van der Waals surface area contributed by atoms with Crippen LogP contribution in [0.25, 0.3) is 0 Å². The summed E-state index contributed by atoms with van der Waals surface area (Å²) in [5, 5.41) is 0. The molecule has 0 radical (unpaired) electrons. The molecule has 0 spiro atoms. The normalized spacial score (nSPS) is 21.9. The molecule has 1 aliphatic rings. The average Bonchev–Trinajstić information content (AvgIpc) is 2.39. The van der Waals surface area contributed by atoms with Gasteiger partial charge in [-0.25, -0.2) is 8.78 Å². The fraction of sp³-hybridized carbons (Fsp3) is 0.571. The van der Waals surface area contributed by atoms with E-state index in [1.165, 1.54) is 12.1 Å². The van der Waals surface area contributed by atoms with E-state index < -0.39 is 17.7 Å². The summed E-state index contributed by atoms with van der Waals surface area (Å²) in [6.45, 7) is 5.26. The minimum atomic E-state index is -0.610. The van der Waals surface area contributed by atoms with Crippen molar-refractivity contribution in [2.45, 2.75) is 25.5 Å². The fourth-order valence-electron chi connectivity index (χ4n) is 2.63. The molecule has 1 heterocycles. The number of nitrogens with two attached hydrogens (primary N) is 1. The minimum absolute atomic E-state index is 0.221. The van der Waals surface area contributed by atoms with Crippen molar-refractivity contribution in [1.29, 1.82) is 0 Å². The second kappa shape index (κ2) is 7.08. The van der Waals surface area contributed by atoms with Crippen LogP contribution in [-0.2, 0) is 4.74 Å². The van der Waals surface area contributed by atoms with Crippen LogP contribution < -0.4 is 11.3 Å². The molecule has 1 fully saturated rings. The number of halogens is 2. The van der Waals surface area contributed by atoms with E-state index in [-0.39, 0.29) is 6.10 Å². The van der Waals surface area contributed by atoms with Gasteiger partial charge in [0.2, 0.25) is 0 Å². The summed E-state index contributed by atoms with van der Waals surface area (Å²) in [5.74, 6) is 4.34. The van der Waals surface area contributed by atoms with Gasteiger partial charge in [0.1, 0.15) is 11.6 Å². The Balaban J connectivity index is 2.14. The minimum Gasteiger partial charge on any atom is -0.374 e. The summed E-state index contributed by atoms with van der Waals surface area (Å²) < 4.78 is 32.4. The molecule has 3 N–H and O–H groups in total. The predicted octanol–water partition coefficient (Wildman–Crippen LogP) is 1.58. The average molecular weight is 285 g/mol. The highest BCUT2D eigenvalue weighted by Crippen LogP contribution is 2.23. The molecular formula is C14H21F2N3O. The van der Waals surface area contributed by atoms with Gasteiger partial charge in [0, 0.05) is 19.2 Å². The van der Waals surface area contributed by atoms with Crippen molar-refractivity contribution >= 4 is 0 Å². The van der Waals surface area contributed by atoms with E-state index in [1.54, 1.807) is 0 Å². The third-order valence-corrected chi connectivity index (χ3v) is 3.51. The molecule has 1 aliphatic heterocycles. The third-order valence-electron chi connectivity index (χ3n) is 3.51. The van der Waals surface area contributed by atoms with E-state index in [0.717, 1.165) is 25.6 Å². The summed E-state index contributed by atoms with van der Waals surface area (Å²) in [7, 11) is 0. The number of ether oxygens (including phenoxy) is 1. The quantitative estimate of drug-likeness (QED) is 0.637.